The zero-order valence-corrected chi connectivity index (χ0v) is 10.6. The van der Waals surface area contributed by atoms with Crippen molar-refractivity contribution in [2.75, 3.05) is 39.4 Å². The Balaban J connectivity index is 1.67. The second-order valence-corrected chi connectivity index (χ2v) is 5.62. The predicted molar refractivity (Wildman–Crippen MR) is 64.7 cm³/mol. The maximum Gasteiger partial charge on any atom is 0.247 e. The number of rotatable bonds is 1. The summed E-state index contributed by atoms with van der Waals surface area (Å²) in [6, 6.07) is 2.66. The molecule has 3 saturated heterocycles. The fourth-order valence-electron chi connectivity index (χ4n) is 3.19. The van der Waals surface area contributed by atoms with Crippen molar-refractivity contribution in [2.45, 2.75) is 25.3 Å². The second-order valence-electron chi connectivity index (χ2n) is 5.62. The number of piperidine rings is 1. The molecule has 0 saturated carbocycles. The van der Waals surface area contributed by atoms with Gasteiger partial charge in [-0.05, 0) is 19.4 Å². The van der Waals surface area contributed by atoms with Gasteiger partial charge >= 0.3 is 0 Å². The molecule has 0 aromatic carbocycles. The summed E-state index contributed by atoms with van der Waals surface area (Å²) in [5, 5.41) is 9.18. The smallest absolute Gasteiger partial charge is 0.247 e. The number of fused-ring (bicyclic) bond motifs is 1. The first-order chi connectivity index (χ1) is 8.75. The first-order valence-electron chi connectivity index (χ1n) is 6.78. The Hall–Kier alpha value is -1.12. The molecular formula is C13H19N3O2. The molecule has 0 spiro atoms. The van der Waals surface area contributed by atoms with E-state index >= 15 is 0 Å². The average molecular weight is 249 g/mol. The third kappa shape index (κ3) is 1.80. The molecule has 0 N–H and O–H groups in total. The van der Waals surface area contributed by atoms with Crippen molar-refractivity contribution in [1.82, 2.24) is 9.80 Å². The van der Waals surface area contributed by atoms with Gasteiger partial charge in [0.2, 0.25) is 5.91 Å². The molecule has 0 aliphatic carbocycles. The number of ether oxygens (including phenoxy) is 1. The van der Waals surface area contributed by atoms with Crippen LogP contribution in [0, 0.1) is 16.7 Å². The molecule has 1 unspecified atom stereocenters. The van der Waals surface area contributed by atoms with Gasteiger partial charge in [0.1, 0.15) is 0 Å². The van der Waals surface area contributed by atoms with Crippen LogP contribution in [-0.4, -0.2) is 61.1 Å². The molecule has 3 rings (SSSR count). The Labute approximate surface area is 107 Å². The van der Waals surface area contributed by atoms with Gasteiger partial charge in [0.05, 0.1) is 19.3 Å². The van der Waals surface area contributed by atoms with Crippen LogP contribution in [0.3, 0.4) is 0 Å². The molecule has 0 aromatic heterocycles. The summed E-state index contributed by atoms with van der Waals surface area (Å²) in [6.45, 7) is 4.22. The third-order valence-corrected chi connectivity index (χ3v) is 4.44. The van der Waals surface area contributed by atoms with Crippen molar-refractivity contribution in [3.05, 3.63) is 0 Å². The lowest BCUT2D eigenvalue weighted by molar-refractivity contribution is -0.164. The maximum absolute atomic E-state index is 12.4. The molecule has 5 nitrogen and oxygen atoms in total. The summed E-state index contributed by atoms with van der Waals surface area (Å²) in [5.41, 5.74) is -0.878. The van der Waals surface area contributed by atoms with Crippen molar-refractivity contribution < 1.29 is 9.53 Å². The van der Waals surface area contributed by atoms with E-state index in [1.807, 2.05) is 4.90 Å². The van der Waals surface area contributed by atoms with Crippen LogP contribution in [0.4, 0.5) is 0 Å². The monoisotopic (exact) mass is 249 g/mol. The van der Waals surface area contributed by atoms with E-state index in [2.05, 4.69) is 11.0 Å². The third-order valence-electron chi connectivity index (χ3n) is 4.44. The highest BCUT2D eigenvalue weighted by molar-refractivity contribution is 5.86. The van der Waals surface area contributed by atoms with Crippen LogP contribution < -0.4 is 0 Å². The van der Waals surface area contributed by atoms with E-state index in [9.17, 15) is 10.1 Å². The van der Waals surface area contributed by atoms with Crippen LogP contribution in [0.5, 0.6) is 0 Å². The van der Waals surface area contributed by atoms with E-state index in [0.29, 0.717) is 6.04 Å². The average Bonchev–Trinajstić information content (AvgIpc) is 2.37. The van der Waals surface area contributed by atoms with Gasteiger partial charge in [-0.3, -0.25) is 9.69 Å². The minimum absolute atomic E-state index is 0.0125. The van der Waals surface area contributed by atoms with Gasteiger partial charge in [0.15, 0.2) is 5.41 Å². The number of amides is 1. The quantitative estimate of drug-likeness (QED) is 0.667. The molecule has 1 amide bonds. The van der Waals surface area contributed by atoms with Crippen molar-refractivity contribution in [2.24, 2.45) is 5.41 Å². The Morgan fingerprint density at radius 3 is 2.78 bits per heavy atom. The maximum atomic E-state index is 12.4. The topological polar surface area (TPSA) is 56.6 Å². The van der Waals surface area contributed by atoms with E-state index in [4.69, 9.17) is 4.74 Å². The highest BCUT2D eigenvalue weighted by Crippen LogP contribution is 2.31. The summed E-state index contributed by atoms with van der Waals surface area (Å²) >= 11 is 0. The molecule has 3 heterocycles. The highest BCUT2D eigenvalue weighted by atomic mass is 16.5. The summed E-state index contributed by atoms with van der Waals surface area (Å²) in [7, 11) is 0. The number of hydrogen-bond donors (Lipinski definition) is 0. The predicted octanol–water partition coefficient (Wildman–Crippen LogP) is 0.223. The van der Waals surface area contributed by atoms with Gasteiger partial charge < -0.3 is 9.64 Å². The fraction of sp³-hybridized carbons (Fsp3) is 0.846. The SMILES string of the molecule is N#CC1(C(=O)N2CCN3CCCCC3C2)COC1. The molecule has 1 atom stereocenters. The van der Waals surface area contributed by atoms with Gasteiger partial charge in [-0.25, -0.2) is 0 Å². The largest absolute Gasteiger partial charge is 0.377 e. The number of nitrogens with zero attached hydrogens (tertiary/aromatic N) is 3. The first kappa shape index (κ1) is 11.9. The molecule has 3 aliphatic rings. The number of carbonyl (C=O) groups excluding carboxylic acids is 1. The van der Waals surface area contributed by atoms with E-state index in [-0.39, 0.29) is 19.1 Å². The normalized spacial score (nSPS) is 31.1. The van der Waals surface area contributed by atoms with Crippen molar-refractivity contribution in [3.63, 3.8) is 0 Å². The van der Waals surface area contributed by atoms with Gasteiger partial charge in [0, 0.05) is 25.7 Å². The summed E-state index contributed by atoms with van der Waals surface area (Å²) in [4.78, 5) is 16.8. The van der Waals surface area contributed by atoms with Crippen LogP contribution in [0.2, 0.25) is 0 Å². The number of hydrogen-bond acceptors (Lipinski definition) is 4. The Kier molecular flexibility index (Phi) is 3.00. The van der Waals surface area contributed by atoms with Crippen molar-refractivity contribution in [3.8, 4) is 6.07 Å². The van der Waals surface area contributed by atoms with Crippen LogP contribution in [-0.2, 0) is 9.53 Å². The molecule has 3 fully saturated rings. The van der Waals surface area contributed by atoms with Crippen LogP contribution in [0.1, 0.15) is 19.3 Å². The summed E-state index contributed by atoms with van der Waals surface area (Å²) < 4.78 is 5.07. The molecule has 0 aromatic rings. The zero-order valence-electron chi connectivity index (χ0n) is 10.6. The molecule has 0 bridgehead atoms. The standard InChI is InChI=1S/C13H19N3O2/c14-8-13(9-18-10-13)12(17)16-6-5-15-4-2-1-3-11(15)7-16/h11H,1-7,9-10H2. The van der Waals surface area contributed by atoms with E-state index in [0.717, 1.165) is 19.6 Å². The van der Waals surface area contributed by atoms with Crippen LogP contribution >= 0.6 is 0 Å². The minimum Gasteiger partial charge on any atom is -0.377 e. The van der Waals surface area contributed by atoms with Crippen LogP contribution in [0.25, 0.3) is 0 Å². The molecule has 0 radical (unpaired) electrons. The first-order valence-corrected chi connectivity index (χ1v) is 6.78. The lowest BCUT2D eigenvalue weighted by Crippen LogP contribution is -2.61. The highest BCUT2D eigenvalue weighted by Gasteiger charge is 2.49. The lowest BCUT2D eigenvalue weighted by Gasteiger charge is -2.46. The van der Waals surface area contributed by atoms with Gasteiger partial charge in [0.25, 0.3) is 0 Å². The Bertz CT molecular complexity index is 386. The molecule has 98 valence electrons. The van der Waals surface area contributed by atoms with Gasteiger partial charge in [-0.1, -0.05) is 6.42 Å². The lowest BCUT2D eigenvalue weighted by atomic mass is 9.85. The fourth-order valence-corrected chi connectivity index (χ4v) is 3.19. The Morgan fingerprint density at radius 2 is 2.11 bits per heavy atom. The number of nitriles is 1. The van der Waals surface area contributed by atoms with Crippen LogP contribution in [0.15, 0.2) is 0 Å². The van der Waals surface area contributed by atoms with Crippen molar-refractivity contribution in [1.29, 1.82) is 5.26 Å². The van der Waals surface area contributed by atoms with E-state index in [1.165, 1.54) is 25.8 Å². The second kappa shape index (κ2) is 4.52. The molecular weight excluding hydrogens is 230 g/mol. The van der Waals surface area contributed by atoms with Gasteiger partial charge in [-0.15, -0.1) is 0 Å². The summed E-state index contributed by atoms with van der Waals surface area (Å²) in [5.74, 6) is -0.0125. The Morgan fingerprint density at radius 1 is 1.28 bits per heavy atom. The summed E-state index contributed by atoms with van der Waals surface area (Å²) in [6.07, 6.45) is 3.72. The number of carbonyl (C=O) groups is 1. The van der Waals surface area contributed by atoms with Crippen molar-refractivity contribution >= 4 is 5.91 Å². The minimum atomic E-state index is -0.878. The zero-order chi connectivity index (χ0) is 12.6. The molecule has 3 aliphatic heterocycles. The molecule has 5 heteroatoms. The molecule has 18 heavy (non-hydrogen) atoms. The van der Waals surface area contributed by atoms with Gasteiger partial charge in [-0.2, -0.15) is 5.26 Å². The van der Waals surface area contributed by atoms with E-state index in [1.54, 1.807) is 0 Å². The number of piperazine rings is 1. The van der Waals surface area contributed by atoms with E-state index < -0.39 is 5.41 Å².